The van der Waals surface area contributed by atoms with Crippen molar-refractivity contribution >= 4 is 5.97 Å². The van der Waals surface area contributed by atoms with Gasteiger partial charge in [0.25, 0.3) is 0 Å². The quantitative estimate of drug-likeness (QED) is 0.160. The Bertz CT molecular complexity index is 397. The van der Waals surface area contributed by atoms with Gasteiger partial charge in [-0.2, -0.15) is 0 Å². The highest BCUT2D eigenvalue weighted by atomic mass is 16.6. The molecule has 0 fully saturated rings. The van der Waals surface area contributed by atoms with Gasteiger partial charge in [-0.15, -0.1) is 0 Å². The Kier molecular flexibility index (Phi) is 26.6. The molecule has 0 aromatic rings. The van der Waals surface area contributed by atoms with E-state index in [2.05, 4.69) is 0 Å². The van der Waals surface area contributed by atoms with Gasteiger partial charge >= 0.3 is 5.97 Å². The zero-order valence-corrected chi connectivity index (χ0v) is 20.3. The minimum absolute atomic E-state index is 0.00408. The first-order valence-corrected chi connectivity index (χ1v) is 11.6. The highest BCUT2D eigenvalue weighted by molar-refractivity contribution is 5.66. The fourth-order valence-corrected chi connectivity index (χ4v) is 2.14. The monoisotopic (exact) mass is 484 g/mol. The van der Waals surface area contributed by atoms with E-state index >= 15 is 0 Å². The molecule has 0 atom stereocenters. The van der Waals surface area contributed by atoms with Crippen molar-refractivity contribution in [3.05, 3.63) is 0 Å². The first kappa shape index (κ1) is 32.1. The lowest BCUT2D eigenvalue weighted by Gasteiger charge is -2.09. The summed E-state index contributed by atoms with van der Waals surface area (Å²) in [5.41, 5.74) is 0. The largest absolute Gasteiger partial charge is 0.481 e. The van der Waals surface area contributed by atoms with Crippen LogP contribution in [0.1, 0.15) is 20.3 Å². The van der Waals surface area contributed by atoms with Crippen molar-refractivity contribution < 1.29 is 52.5 Å². The van der Waals surface area contributed by atoms with E-state index in [1.807, 2.05) is 13.8 Å². The Morgan fingerprint density at radius 2 is 0.727 bits per heavy atom. The number of ether oxygens (including phenoxy) is 9. The van der Waals surface area contributed by atoms with Crippen LogP contribution in [-0.4, -0.2) is 129 Å². The van der Waals surface area contributed by atoms with Crippen molar-refractivity contribution in [1.82, 2.24) is 0 Å². The Labute approximate surface area is 197 Å². The molecule has 0 bridgehead atoms. The highest BCUT2D eigenvalue weighted by Gasteiger charge is 1.97. The molecular formula is C22H44O11. The van der Waals surface area contributed by atoms with Crippen molar-refractivity contribution in [3.63, 3.8) is 0 Å². The molecule has 0 aromatic carbocycles. The summed E-state index contributed by atoms with van der Waals surface area (Å²) in [6, 6.07) is 0. The lowest BCUT2D eigenvalue weighted by atomic mass is 10.5. The van der Waals surface area contributed by atoms with Gasteiger partial charge in [-0.1, -0.05) is 0 Å². The maximum absolute atomic E-state index is 10.3. The molecule has 0 aliphatic rings. The van der Waals surface area contributed by atoms with Crippen molar-refractivity contribution in [2.24, 2.45) is 0 Å². The maximum atomic E-state index is 10.3. The summed E-state index contributed by atoms with van der Waals surface area (Å²) in [5, 5.41) is 8.45. The van der Waals surface area contributed by atoms with E-state index < -0.39 is 5.97 Å². The Morgan fingerprint density at radius 3 is 0.970 bits per heavy atom. The van der Waals surface area contributed by atoms with Gasteiger partial charge in [0, 0.05) is 0 Å². The summed E-state index contributed by atoms with van der Waals surface area (Å²) in [7, 11) is 0. The van der Waals surface area contributed by atoms with Gasteiger partial charge in [0.05, 0.1) is 125 Å². The Balaban J connectivity index is 3.02. The zero-order valence-electron chi connectivity index (χ0n) is 20.3. The molecule has 0 aromatic heterocycles. The minimum Gasteiger partial charge on any atom is -0.481 e. The molecule has 0 aliphatic heterocycles. The van der Waals surface area contributed by atoms with Crippen LogP contribution in [0.5, 0.6) is 0 Å². The third-order valence-corrected chi connectivity index (χ3v) is 3.74. The third-order valence-electron chi connectivity index (χ3n) is 3.74. The van der Waals surface area contributed by atoms with E-state index in [1.165, 1.54) is 0 Å². The van der Waals surface area contributed by atoms with Crippen LogP contribution in [0, 0.1) is 0 Å². The van der Waals surface area contributed by atoms with E-state index in [1.54, 1.807) is 0 Å². The summed E-state index contributed by atoms with van der Waals surface area (Å²) in [6.07, 6.45) is 0.234. The van der Waals surface area contributed by atoms with Crippen LogP contribution in [-0.2, 0) is 47.4 Å². The van der Waals surface area contributed by atoms with Crippen molar-refractivity contribution in [3.8, 4) is 0 Å². The number of carboxylic acids is 1. The third kappa shape index (κ3) is 31.1. The predicted molar refractivity (Wildman–Crippen MR) is 120 cm³/mol. The number of carbonyl (C=O) groups is 1. The van der Waals surface area contributed by atoms with E-state index in [4.69, 9.17) is 47.7 Å². The van der Waals surface area contributed by atoms with E-state index in [0.29, 0.717) is 106 Å². The normalized spacial score (nSPS) is 11.5. The van der Waals surface area contributed by atoms with Crippen molar-refractivity contribution in [2.45, 2.75) is 26.4 Å². The Morgan fingerprint density at radius 1 is 0.485 bits per heavy atom. The average Bonchev–Trinajstić information content (AvgIpc) is 2.78. The molecule has 0 aliphatic carbocycles. The molecule has 0 amide bonds. The fraction of sp³-hybridized carbons (Fsp3) is 0.955. The summed E-state index contributed by atoms with van der Waals surface area (Å²) in [6.45, 7) is 12.2. The number of carboxylic acid groups (broad SMARTS) is 1. The average molecular weight is 485 g/mol. The summed E-state index contributed by atoms with van der Waals surface area (Å²) in [5.74, 6) is -0.870. The topological polar surface area (TPSA) is 120 Å². The van der Waals surface area contributed by atoms with Gasteiger partial charge < -0.3 is 47.7 Å². The second-order valence-corrected chi connectivity index (χ2v) is 6.96. The number of aliphatic carboxylic acids is 1. The van der Waals surface area contributed by atoms with Crippen LogP contribution in [0.3, 0.4) is 0 Å². The molecule has 0 heterocycles. The molecule has 1 N–H and O–H groups in total. The van der Waals surface area contributed by atoms with Gasteiger partial charge in [0.2, 0.25) is 0 Å². The molecule has 0 saturated carbocycles. The first-order valence-electron chi connectivity index (χ1n) is 11.6. The summed E-state index contributed by atoms with van der Waals surface area (Å²) >= 11 is 0. The van der Waals surface area contributed by atoms with Crippen LogP contribution in [0.2, 0.25) is 0 Å². The Hall–Kier alpha value is -0.890. The van der Waals surface area contributed by atoms with Gasteiger partial charge in [0.15, 0.2) is 0 Å². The zero-order chi connectivity index (χ0) is 24.2. The van der Waals surface area contributed by atoms with E-state index in [0.717, 1.165) is 0 Å². The molecule has 0 unspecified atom stereocenters. The number of hydrogen-bond acceptors (Lipinski definition) is 10. The van der Waals surface area contributed by atoms with Gasteiger partial charge in [0.1, 0.15) is 0 Å². The smallest absolute Gasteiger partial charge is 0.305 e. The lowest BCUT2D eigenvalue weighted by molar-refractivity contribution is -0.138. The second kappa shape index (κ2) is 27.4. The fourth-order valence-electron chi connectivity index (χ4n) is 2.14. The molecule has 0 saturated heterocycles. The van der Waals surface area contributed by atoms with Crippen molar-refractivity contribution in [2.75, 3.05) is 112 Å². The molecule has 198 valence electrons. The molecule has 0 spiro atoms. The van der Waals surface area contributed by atoms with Crippen LogP contribution in [0.25, 0.3) is 0 Å². The van der Waals surface area contributed by atoms with Crippen LogP contribution in [0.15, 0.2) is 0 Å². The van der Waals surface area contributed by atoms with Crippen LogP contribution < -0.4 is 0 Å². The van der Waals surface area contributed by atoms with Gasteiger partial charge in [-0.05, 0) is 13.8 Å². The highest BCUT2D eigenvalue weighted by Crippen LogP contribution is 1.88. The number of rotatable bonds is 28. The maximum Gasteiger partial charge on any atom is 0.305 e. The summed E-state index contributed by atoms with van der Waals surface area (Å²) in [4.78, 5) is 10.3. The molecule has 33 heavy (non-hydrogen) atoms. The summed E-state index contributed by atoms with van der Waals surface area (Å²) < 4.78 is 48.2. The first-order chi connectivity index (χ1) is 16.1. The number of hydrogen-bond donors (Lipinski definition) is 1. The molecule has 11 heteroatoms. The predicted octanol–water partition coefficient (Wildman–Crippen LogP) is 1.02. The second-order valence-electron chi connectivity index (χ2n) is 6.96. The SMILES string of the molecule is CC(C)OCCOCCOCCOCCOCCOCCOCCOCCOCCC(=O)O. The van der Waals surface area contributed by atoms with Crippen LogP contribution in [0.4, 0.5) is 0 Å². The minimum atomic E-state index is -0.870. The van der Waals surface area contributed by atoms with E-state index in [9.17, 15) is 4.79 Å². The molecular weight excluding hydrogens is 440 g/mol. The lowest BCUT2D eigenvalue weighted by Crippen LogP contribution is -2.15. The standard InChI is InChI=1S/C22H44O11/c1-21(2)33-20-19-32-18-17-31-16-15-30-14-13-29-12-11-28-10-9-27-8-7-26-6-5-25-4-3-22(23)24/h21H,3-20H2,1-2H3,(H,23,24). The van der Waals surface area contributed by atoms with Crippen LogP contribution >= 0.6 is 0 Å². The van der Waals surface area contributed by atoms with Crippen molar-refractivity contribution in [1.29, 1.82) is 0 Å². The van der Waals surface area contributed by atoms with E-state index in [-0.39, 0.29) is 19.1 Å². The molecule has 11 nitrogen and oxygen atoms in total. The van der Waals surface area contributed by atoms with Gasteiger partial charge in [-0.25, -0.2) is 0 Å². The molecule has 0 rings (SSSR count). The van der Waals surface area contributed by atoms with Gasteiger partial charge in [-0.3, -0.25) is 4.79 Å². The molecule has 0 radical (unpaired) electrons.